The number of ether oxygens (including phenoxy) is 2. The number of nitrogens with two attached hydrogens (primary N) is 1. The molecule has 1 rings (SSSR count). The molecule has 0 heterocycles. The van der Waals surface area contributed by atoms with Crippen LogP contribution in [-0.2, 0) is 28.7 Å². The lowest BCUT2D eigenvalue weighted by molar-refractivity contribution is -0.143. The zero-order valence-electron chi connectivity index (χ0n) is 15.7. The van der Waals surface area contributed by atoms with Crippen LogP contribution in [0.2, 0.25) is 0 Å². The number of benzene rings is 1. The van der Waals surface area contributed by atoms with Gasteiger partial charge in [-0.1, -0.05) is 0 Å². The first-order valence-corrected chi connectivity index (χ1v) is 8.42. The lowest BCUT2D eigenvalue weighted by Crippen LogP contribution is -2.38. The zero-order valence-corrected chi connectivity index (χ0v) is 15.7. The normalized spacial score (nSPS) is 10.1. The third kappa shape index (κ3) is 8.30. The molecule has 0 aliphatic rings. The molecule has 0 aliphatic heterocycles. The molecule has 0 atom stereocenters. The lowest BCUT2D eigenvalue weighted by atomic mass is 10.1. The van der Waals surface area contributed by atoms with Gasteiger partial charge >= 0.3 is 11.9 Å². The van der Waals surface area contributed by atoms with E-state index in [1.54, 1.807) is 24.3 Å². The number of esters is 2. The Morgan fingerprint density at radius 1 is 0.964 bits per heavy atom. The number of carbonyl (C=O) groups excluding carboxylic acids is 4. The van der Waals surface area contributed by atoms with E-state index in [1.165, 1.54) is 14.2 Å². The van der Waals surface area contributed by atoms with Crippen LogP contribution in [0.4, 0.5) is 5.69 Å². The van der Waals surface area contributed by atoms with Crippen LogP contribution in [0.1, 0.15) is 31.2 Å². The van der Waals surface area contributed by atoms with Gasteiger partial charge in [0, 0.05) is 30.1 Å². The molecule has 0 saturated carbocycles. The molecule has 1 aromatic rings. The molecule has 0 bridgehead atoms. The van der Waals surface area contributed by atoms with E-state index in [2.05, 4.69) is 20.1 Å². The number of amidine groups is 1. The summed E-state index contributed by atoms with van der Waals surface area (Å²) in [5, 5.41) is 12.5. The topological polar surface area (TPSA) is 161 Å². The second-order valence-corrected chi connectivity index (χ2v) is 5.86. The Morgan fingerprint density at radius 3 is 1.93 bits per heavy atom. The van der Waals surface area contributed by atoms with Crippen molar-refractivity contribution in [3.8, 4) is 0 Å². The van der Waals surface area contributed by atoms with Gasteiger partial charge in [0.15, 0.2) is 0 Å². The molecule has 0 aliphatic carbocycles. The number of nitrogen functional groups attached to an aromatic ring is 1. The van der Waals surface area contributed by atoms with Crippen molar-refractivity contribution in [2.75, 3.05) is 19.5 Å². The van der Waals surface area contributed by atoms with Crippen LogP contribution < -0.4 is 16.4 Å². The molecule has 2 amide bonds. The Balaban J connectivity index is 2.51. The van der Waals surface area contributed by atoms with Crippen LogP contribution in [0, 0.1) is 5.41 Å². The molecule has 0 fully saturated rings. The molecule has 10 heteroatoms. The van der Waals surface area contributed by atoms with Crippen molar-refractivity contribution >= 4 is 35.3 Å². The van der Waals surface area contributed by atoms with E-state index in [1.807, 2.05) is 0 Å². The van der Waals surface area contributed by atoms with Gasteiger partial charge in [-0.05, 0) is 24.3 Å². The van der Waals surface area contributed by atoms with Crippen molar-refractivity contribution in [3.05, 3.63) is 29.8 Å². The van der Waals surface area contributed by atoms with Gasteiger partial charge < -0.3 is 25.8 Å². The fourth-order valence-corrected chi connectivity index (χ4v) is 2.23. The fraction of sp³-hybridized carbons (Fsp3) is 0.389. The molecule has 0 aromatic heterocycles. The first-order chi connectivity index (χ1) is 13.2. The number of methoxy groups -OCH3 is 2. The molecular weight excluding hydrogens is 368 g/mol. The summed E-state index contributed by atoms with van der Waals surface area (Å²) >= 11 is 0. The molecule has 5 N–H and O–H groups in total. The van der Waals surface area contributed by atoms with Gasteiger partial charge in [0.05, 0.1) is 27.1 Å². The summed E-state index contributed by atoms with van der Waals surface area (Å²) in [4.78, 5) is 46.8. The number of nitrogens with one attached hydrogen (secondary N) is 3. The van der Waals surface area contributed by atoms with Crippen molar-refractivity contribution in [3.63, 3.8) is 0 Å². The van der Waals surface area contributed by atoms with Gasteiger partial charge in [0.1, 0.15) is 5.84 Å². The molecule has 28 heavy (non-hydrogen) atoms. The zero-order chi connectivity index (χ0) is 21.1. The van der Waals surface area contributed by atoms with E-state index in [9.17, 15) is 19.2 Å². The minimum atomic E-state index is -0.783. The Labute approximate surface area is 162 Å². The quantitative estimate of drug-likeness (QED) is 0.253. The molecule has 0 unspecified atom stereocenters. The summed E-state index contributed by atoms with van der Waals surface area (Å²) < 4.78 is 9.08. The minimum absolute atomic E-state index is 0.0805. The first kappa shape index (κ1) is 22.6. The van der Waals surface area contributed by atoms with Crippen LogP contribution >= 0.6 is 0 Å². The maximum Gasteiger partial charge on any atom is 0.307 e. The number of carbonyl (C=O) groups is 4. The molecular formula is C18H24N4O6. The molecule has 10 nitrogen and oxygen atoms in total. The number of amides is 2. The molecule has 0 radical (unpaired) electrons. The fourth-order valence-electron chi connectivity index (χ4n) is 2.23. The molecule has 0 spiro atoms. The average molecular weight is 392 g/mol. The summed E-state index contributed by atoms with van der Waals surface area (Å²) in [5.74, 6) is -2.12. The lowest BCUT2D eigenvalue weighted by Gasteiger charge is -2.16. The van der Waals surface area contributed by atoms with Gasteiger partial charge in [-0.25, -0.2) is 0 Å². The van der Waals surface area contributed by atoms with Gasteiger partial charge in [-0.2, -0.15) is 0 Å². The van der Waals surface area contributed by atoms with E-state index >= 15 is 0 Å². The van der Waals surface area contributed by atoms with Gasteiger partial charge in [-0.15, -0.1) is 0 Å². The average Bonchev–Trinajstić information content (AvgIpc) is 2.66. The number of anilines is 1. The Kier molecular flexibility index (Phi) is 9.14. The van der Waals surface area contributed by atoms with Gasteiger partial charge in [-0.3, -0.25) is 24.6 Å². The van der Waals surface area contributed by atoms with Crippen molar-refractivity contribution in [1.82, 2.24) is 5.32 Å². The smallest absolute Gasteiger partial charge is 0.307 e. The molecule has 0 saturated heterocycles. The minimum Gasteiger partial charge on any atom is -0.469 e. The van der Waals surface area contributed by atoms with Crippen LogP contribution in [-0.4, -0.2) is 49.9 Å². The first-order valence-electron chi connectivity index (χ1n) is 8.42. The number of hydrogen-bond donors (Lipinski definition) is 4. The second-order valence-electron chi connectivity index (χ2n) is 5.86. The van der Waals surface area contributed by atoms with Crippen LogP contribution in [0.25, 0.3) is 0 Å². The number of hydrogen-bond acceptors (Lipinski definition) is 7. The standard InChI is InChI=1S/C18H24N4O6/c1-27-16(25)9-13(10-17(26)28-2)22-15(24)8-7-14(23)21-12-5-3-11(4-6-12)18(19)20/h3-6,13H,7-10H2,1-2H3,(H3,19,20)(H,21,23)(H,22,24). The van der Waals surface area contributed by atoms with Crippen LogP contribution in [0.3, 0.4) is 0 Å². The summed E-state index contributed by atoms with van der Waals surface area (Å²) in [5.41, 5.74) is 6.39. The van der Waals surface area contributed by atoms with Crippen molar-refractivity contribution < 1.29 is 28.7 Å². The van der Waals surface area contributed by atoms with Gasteiger partial charge in [0.2, 0.25) is 11.8 Å². The monoisotopic (exact) mass is 392 g/mol. The third-order valence-corrected chi connectivity index (χ3v) is 3.71. The van der Waals surface area contributed by atoms with E-state index < -0.39 is 23.9 Å². The predicted molar refractivity (Wildman–Crippen MR) is 101 cm³/mol. The van der Waals surface area contributed by atoms with Crippen LogP contribution in [0.15, 0.2) is 24.3 Å². The highest BCUT2D eigenvalue weighted by molar-refractivity contribution is 5.96. The third-order valence-electron chi connectivity index (χ3n) is 3.71. The van der Waals surface area contributed by atoms with Crippen molar-refractivity contribution in [2.24, 2.45) is 5.73 Å². The predicted octanol–water partition coefficient (Wildman–Crippen LogP) is 0.300. The second kappa shape index (κ2) is 11.3. The molecule has 1 aromatic carbocycles. The van der Waals surface area contributed by atoms with E-state index in [4.69, 9.17) is 11.1 Å². The highest BCUT2D eigenvalue weighted by atomic mass is 16.5. The highest BCUT2D eigenvalue weighted by Gasteiger charge is 2.21. The summed E-state index contributed by atoms with van der Waals surface area (Å²) in [6.07, 6.45) is -0.599. The summed E-state index contributed by atoms with van der Waals surface area (Å²) in [7, 11) is 2.40. The highest BCUT2D eigenvalue weighted by Crippen LogP contribution is 2.10. The number of rotatable bonds is 10. The van der Waals surface area contributed by atoms with E-state index in [0.29, 0.717) is 11.3 Å². The van der Waals surface area contributed by atoms with Crippen molar-refractivity contribution in [2.45, 2.75) is 31.7 Å². The van der Waals surface area contributed by atoms with Crippen molar-refractivity contribution in [1.29, 1.82) is 5.41 Å². The van der Waals surface area contributed by atoms with Gasteiger partial charge in [0.25, 0.3) is 0 Å². The Hall–Kier alpha value is -3.43. The summed E-state index contributed by atoms with van der Waals surface area (Å²) in [6, 6.07) is 5.59. The maximum atomic E-state index is 12.0. The SMILES string of the molecule is COC(=O)CC(CC(=O)OC)NC(=O)CCC(=O)Nc1ccc(C(=N)N)cc1. The van der Waals surface area contributed by atoms with E-state index in [-0.39, 0.29) is 37.4 Å². The van der Waals surface area contributed by atoms with E-state index in [0.717, 1.165) is 0 Å². The Morgan fingerprint density at radius 2 is 1.46 bits per heavy atom. The maximum absolute atomic E-state index is 12.0. The largest absolute Gasteiger partial charge is 0.469 e. The summed E-state index contributed by atoms with van der Waals surface area (Å²) in [6.45, 7) is 0. The Bertz CT molecular complexity index is 714. The molecule has 152 valence electrons. The van der Waals surface area contributed by atoms with Crippen LogP contribution in [0.5, 0.6) is 0 Å².